The van der Waals surface area contributed by atoms with Crippen molar-refractivity contribution in [3.8, 4) is 17.2 Å². The van der Waals surface area contributed by atoms with Gasteiger partial charge < -0.3 is 13.9 Å². The van der Waals surface area contributed by atoms with Crippen molar-refractivity contribution < 1.29 is 23.5 Å². The van der Waals surface area contributed by atoms with Crippen molar-refractivity contribution in [2.24, 2.45) is 5.92 Å². The molecule has 0 radical (unpaired) electrons. The van der Waals surface area contributed by atoms with Gasteiger partial charge >= 0.3 is 12.0 Å². The van der Waals surface area contributed by atoms with E-state index in [1.165, 1.54) is 12.0 Å². The van der Waals surface area contributed by atoms with Gasteiger partial charge in [0.25, 0.3) is 0 Å². The molecule has 120 valence electrons. The third kappa shape index (κ3) is 2.87. The van der Waals surface area contributed by atoms with E-state index in [2.05, 4.69) is 14.9 Å². The molecule has 2 heterocycles. The van der Waals surface area contributed by atoms with Gasteiger partial charge in [-0.25, -0.2) is 0 Å². The van der Waals surface area contributed by atoms with Crippen LogP contribution in [0.4, 0.5) is 6.01 Å². The van der Waals surface area contributed by atoms with Gasteiger partial charge in [0.2, 0.25) is 11.8 Å². The van der Waals surface area contributed by atoms with Gasteiger partial charge in [-0.2, -0.15) is 0 Å². The maximum atomic E-state index is 12.0. The molecule has 0 aliphatic carbocycles. The molecular formula is C15H15N3O5. The number of esters is 1. The predicted molar refractivity (Wildman–Crippen MR) is 78.8 cm³/mol. The average molecular weight is 317 g/mol. The minimum Gasteiger partial charge on any atom is -0.497 e. The summed E-state index contributed by atoms with van der Waals surface area (Å²) in [4.78, 5) is 24.9. The number of hydrogen-bond donors (Lipinski definition) is 0. The molecule has 1 aliphatic rings. The van der Waals surface area contributed by atoms with Gasteiger partial charge in [-0.15, -0.1) is 5.10 Å². The number of amides is 1. The summed E-state index contributed by atoms with van der Waals surface area (Å²) < 4.78 is 15.3. The van der Waals surface area contributed by atoms with Crippen molar-refractivity contribution in [1.82, 2.24) is 10.2 Å². The lowest BCUT2D eigenvalue weighted by Gasteiger charge is -2.09. The third-order valence-corrected chi connectivity index (χ3v) is 3.64. The van der Waals surface area contributed by atoms with E-state index in [4.69, 9.17) is 9.15 Å². The van der Waals surface area contributed by atoms with Crippen LogP contribution in [0.3, 0.4) is 0 Å². The molecule has 1 aromatic heterocycles. The first-order valence-electron chi connectivity index (χ1n) is 6.98. The second-order valence-corrected chi connectivity index (χ2v) is 5.05. The number of benzene rings is 1. The zero-order valence-corrected chi connectivity index (χ0v) is 12.7. The number of methoxy groups -OCH3 is 2. The zero-order valence-electron chi connectivity index (χ0n) is 12.7. The van der Waals surface area contributed by atoms with Crippen molar-refractivity contribution >= 4 is 17.9 Å². The number of ether oxygens (including phenoxy) is 2. The largest absolute Gasteiger partial charge is 0.497 e. The number of anilines is 1. The second kappa shape index (κ2) is 6.07. The van der Waals surface area contributed by atoms with Crippen LogP contribution < -0.4 is 9.64 Å². The van der Waals surface area contributed by atoms with E-state index in [-0.39, 0.29) is 30.8 Å². The van der Waals surface area contributed by atoms with Crippen molar-refractivity contribution in [3.05, 3.63) is 24.3 Å². The molecule has 8 heteroatoms. The molecule has 8 nitrogen and oxygen atoms in total. The third-order valence-electron chi connectivity index (χ3n) is 3.64. The van der Waals surface area contributed by atoms with E-state index in [0.717, 1.165) is 0 Å². The number of carbonyl (C=O) groups excluding carboxylic acids is 2. The van der Waals surface area contributed by atoms with Crippen molar-refractivity contribution in [2.75, 3.05) is 25.7 Å². The van der Waals surface area contributed by atoms with Gasteiger partial charge in [-0.05, 0) is 24.3 Å². The van der Waals surface area contributed by atoms with Crippen LogP contribution >= 0.6 is 0 Å². The fourth-order valence-electron chi connectivity index (χ4n) is 2.39. The average Bonchev–Trinajstić information content (AvgIpc) is 3.21. The predicted octanol–water partition coefficient (Wildman–Crippen LogP) is 1.27. The zero-order chi connectivity index (χ0) is 16.4. The molecule has 0 saturated carbocycles. The molecule has 0 N–H and O–H groups in total. The summed E-state index contributed by atoms with van der Waals surface area (Å²) in [6.07, 6.45) is 0.0763. The molecule has 1 aromatic carbocycles. The normalized spacial score (nSPS) is 17.4. The van der Waals surface area contributed by atoms with Gasteiger partial charge in [0.05, 0.1) is 20.1 Å². The van der Waals surface area contributed by atoms with Crippen molar-refractivity contribution in [1.29, 1.82) is 0 Å². The van der Waals surface area contributed by atoms with Gasteiger partial charge in [0, 0.05) is 18.5 Å². The molecule has 0 spiro atoms. The summed E-state index contributed by atoms with van der Waals surface area (Å²) in [6.45, 7) is 0.176. The summed E-state index contributed by atoms with van der Waals surface area (Å²) in [5.41, 5.74) is 0.709. The highest BCUT2D eigenvalue weighted by atomic mass is 16.5. The molecule has 3 rings (SSSR count). The minimum atomic E-state index is -0.510. The van der Waals surface area contributed by atoms with Crippen LogP contribution in [0, 0.1) is 5.92 Å². The van der Waals surface area contributed by atoms with Crippen LogP contribution in [-0.2, 0) is 14.3 Å². The molecule has 1 atom stereocenters. The summed E-state index contributed by atoms with van der Waals surface area (Å²) in [7, 11) is 2.88. The van der Waals surface area contributed by atoms with E-state index < -0.39 is 11.9 Å². The van der Waals surface area contributed by atoms with E-state index >= 15 is 0 Å². The summed E-state index contributed by atoms with van der Waals surface area (Å²) >= 11 is 0. The Hall–Kier alpha value is -2.90. The Kier molecular flexibility index (Phi) is 3.96. The van der Waals surface area contributed by atoms with Crippen LogP contribution in [0.5, 0.6) is 5.75 Å². The van der Waals surface area contributed by atoms with E-state index in [9.17, 15) is 9.59 Å². The molecular weight excluding hydrogens is 302 g/mol. The Morgan fingerprint density at radius 2 is 2.00 bits per heavy atom. The monoisotopic (exact) mass is 317 g/mol. The maximum Gasteiger partial charge on any atom is 0.325 e. The van der Waals surface area contributed by atoms with Gasteiger partial charge in [-0.1, -0.05) is 5.10 Å². The molecule has 1 unspecified atom stereocenters. The molecule has 1 fully saturated rings. The van der Waals surface area contributed by atoms with E-state index in [1.54, 1.807) is 31.4 Å². The number of aromatic nitrogens is 2. The van der Waals surface area contributed by atoms with Crippen LogP contribution in [0.2, 0.25) is 0 Å². The van der Waals surface area contributed by atoms with E-state index in [0.29, 0.717) is 11.3 Å². The summed E-state index contributed by atoms with van der Waals surface area (Å²) in [5.74, 6) is -0.175. The Morgan fingerprint density at radius 3 is 2.65 bits per heavy atom. The number of rotatable bonds is 4. The van der Waals surface area contributed by atoms with Gasteiger partial charge in [-0.3, -0.25) is 14.5 Å². The highest BCUT2D eigenvalue weighted by molar-refractivity contribution is 5.97. The Labute approximate surface area is 132 Å². The van der Waals surface area contributed by atoms with Gasteiger partial charge in [0.1, 0.15) is 5.75 Å². The lowest BCUT2D eigenvalue weighted by molar-refractivity contribution is -0.145. The van der Waals surface area contributed by atoms with Crippen LogP contribution in [0.25, 0.3) is 11.5 Å². The Bertz CT molecular complexity index is 725. The highest BCUT2D eigenvalue weighted by Crippen LogP contribution is 2.28. The molecule has 1 aliphatic heterocycles. The van der Waals surface area contributed by atoms with Crippen molar-refractivity contribution in [2.45, 2.75) is 6.42 Å². The first-order valence-corrected chi connectivity index (χ1v) is 6.98. The molecule has 2 aromatic rings. The van der Waals surface area contributed by atoms with Crippen LogP contribution in [0.15, 0.2) is 28.7 Å². The highest BCUT2D eigenvalue weighted by Gasteiger charge is 2.38. The molecule has 1 amide bonds. The maximum absolute atomic E-state index is 12.0. The van der Waals surface area contributed by atoms with E-state index in [1.807, 2.05) is 0 Å². The Morgan fingerprint density at radius 1 is 1.26 bits per heavy atom. The molecule has 0 bridgehead atoms. The SMILES string of the molecule is COC(=O)C1CC(=O)N(c2nnc(-c3ccc(OC)cc3)o2)C1. The number of carbonyl (C=O) groups is 2. The minimum absolute atomic E-state index is 0.0761. The second-order valence-electron chi connectivity index (χ2n) is 5.05. The Balaban J connectivity index is 1.79. The van der Waals surface area contributed by atoms with Gasteiger partial charge in [0.15, 0.2) is 0 Å². The lowest BCUT2D eigenvalue weighted by Crippen LogP contribution is -2.26. The fraction of sp³-hybridized carbons (Fsp3) is 0.333. The smallest absolute Gasteiger partial charge is 0.325 e. The quantitative estimate of drug-likeness (QED) is 0.784. The standard InChI is InChI=1S/C15H15N3O5/c1-21-11-5-3-9(4-6-11)13-16-17-15(23-13)18-8-10(7-12(18)19)14(20)22-2/h3-6,10H,7-8H2,1-2H3. The van der Waals surface area contributed by atoms with Crippen LogP contribution in [-0.4, -0.2) is 42.8 Å². The summed E-state index contributed by atoms with van der Waals surface area (Å²) in [6, 6.07) is 7.17. The topological polar surface area (TPSA) is 94.8 Å². The molecule has 23 heavy (non-hydrogen) atoms. The first kappa shape index (κ1) is 15.0. The number of hydrogen-bond acceptors (Lipinski definition) is 7. The summed E-state index contributed by atoms with van der Waals surface area (Å²) in [5, 5.41) is 7.84. The lowest BCUT2D eigenvalue weighted by atomic mass is 10.1. The molecule has 1 saturated heterocycles. The van der Waals surface area contributed by atoms with Crippen molar-refractivity contribution in [3.63, 3.8) is 0 Å². The number of nitrogens with zero attached hydrogens (tertiary/aromatic N) is 3. The fourth-order valence-corrected chi connectivity index (χ4v) is 2.39. The van der Waals surface area contributed by atoms with Crippen LogP contribution in [0.1, 0.15) is 6.42 Å². The first-order chi connectivity index (χ1) is 11.1.